The molecule has 108 valence electrons. The normalized spacial score (nSPS) is 45.4. The molecule has 3 heteroatoms. The average Bonchev–Trinajstić information content (AvgIpc) is 2.72. The SMILES string of the molecule is CC(=O)O[C@@]12C=C3CCCC[C@]34C=C[C@@]1(CCCC2)O4. The predicted octanol–water partition coefficient (Wildman–Crippen LogP) is 3.44. The molecular weight excluding hydrogens is 252 g/mol. The van der Waals surface area contributed by atoms with Gasteiger partial charge in [0.25, 0.3) is 0 Å². The fourth-order valence-corrected chi connectivity index (χ4v) is 4.70. The molecule has 2 spiro atoms. The van der Waals surface area contributed by atoms with E-state index in [4.69, 9.17) is 9.47 Å². The molecule has 2 saturated carbocycles. The molecule has 0 saturated heterocycles. The Morgan fingerprint density at radius 3 is 2.80 bits per heavy atom. The average molecular weight is 274 g/mol. The van der Waals surface area contributed by atoms with Crippen LogP contribution in [-0.2, 0) is 14.3 Å². The summed E-state index contributed by atoms with van der Waals surface area (Å²) in [5.41, 5.74) is 0.202. The second-order valence-electron chi connectivity index (χ2n) is 6.78. The number of carbonyl (C=O) groups excluding carboxylic acids is 1. The summed E-state index contributed by atoms with van der Waals surface area (Å²) >= 11 is 0. The first-order valence-electron chi connectivity index (χ1n) is 7.92. The number of esters is 1. The fraction of sp³-hybridized carbons (Fsp3) is 0.706. The van der Waals surface area contributed by atoms with E-state index in [0.29, 0.717) is 0 Å². The molecule has 0 radical (unpaired) electrons. The molecule has 4 aliphatic rings. The summed E-state index contributed by atoms with van der Waals surface area (Å²) in [6.07, 6.45) is 15.4. The Balaban J connectivity index is 1.86. The molecule has 0 amide bonds. The Labute approximate surface area is 120 Å². The minimum atomic E-state index is -0.555. The van der Waals surface area contributed by atoms with Crippen LogP contribution in [0.2, 0.25) is 0 Å². The van der Waals surface area contributed by atoms with Gasteiger partial charge in [-0.05, 0) is 75.2 Å². The smallest absolute Gasteiger partial charge is 0.303 e. The highest BCUT2D eigenvalue weighted by Crippen LogP contribution is 2.58. The highest BCUT2D eigenvalue weighted by Gasteiger charge is 2.64. The van der Waals surface area contributed by atoms with Gasteiger partial charge in [0, 0.05) is 6.92 Å². The third-order valence-corrected chi connectivity index (χ3v) is 5.57. The van der Waals surface area contributed by atoms with Gasteiger partial charge in [0.2, 0.25) is 0 Å². The molecule has 2 bridgehead atoms. The monoisotopic (exact) mass is 274 g/mol. The molecule has 0 aromatic heterocycles. The molecule has 0 aromatic carbocycles. The Hall–Kier alpha value is -1.09. The first-order valence-corrected chi connectivity index (χ1v) is 7.92. The lowest BCUT2D eigenvalue weighted by Crippen LogP contribution is -2.62. The Morgan fingerprint density at radius 1 is 1.15 bits per heavy atom. The van der Waals surface area contributed by atoms with Gasteiger partial charge in [-0.25, -0.2) is 0 Å². The summed E-state index contributed by atoms with van der Waals surface area (Å²) in [5, 5.41) is 0. The molecule has 2 heterocycles. The van der Waals surface area contributed by atoms with Crippen LogP contribution in [0.1, 0.15) is 58.3 Å². The van der Waals surface area contributed by atoms with Gasteiger partial charge in [0.05, 0.1) is 0 Å². The third-order valence-electron chi connectivity index (χ3n) is 5.57. The van der Waals surface area contributed by atoms with Crippen molar-refractivity contribution in [3.63, 3.8) is 0 Å². The van der Waals surface area contributed by atoms with Gasteiger partial charge in [0.15, 0.2) is 5.60 Å². The first-order chi connectivity index (χ1) is 9.60. The quantitative estimate of drug-likeness (QED) is 0.543. The van der Waals surface area contributed by atoms with Crippen LogP contribution in [-0.4, -0.2) is 22.8 Å². The predicted molar refractivity (Wildman–Crippen MR) is 75.2 cm³/mol. The lowest BCUT2D eigenvalue weighted by molar-refractivity contribution is -0.216. The Kier molecular flexibility index (Phi) is 2.51. The molecule has 2 fully saturated rings. The number of hydrogen-bond acceptors (Lipinski definition) is 3. The topological polar surface area (TPSA) is 35.5 Å². The molecule has 0 aromatic rings. The maximum atomic E-state index is 11.7. The molecule has 0 unspecified atom stereocenters. The largest absolute Gasteiger partial charge is 0.452 e. The summed E-state index contributed by atoms with van der Waals surface area (Å²) in [5.74, 6) is -0.199. The van der Waals surface area contributed by atoms with Crippen LogP contribution >= 0.6 is 0 Å². The van der Waals surface area contributed by atoms with E-state index in [1.54, 1.807) is 0 Å². The van der Waals surface area contributed by atoms with Crippen molar-refractivity contribution in [2.45, 2.75) is 75.1 Å². The summed E-state index contributed by atoms with van der Waals surface area (Å²) in [7, 11) is 0. The number of hydrogen-bond donors (Lipinski definition) is 0. The molecule has 3 atom stereocenters. The van der Waals surface area contributed by atoms with Crippen LogP contribution in [0.3, 0.4) is 0 Å². The lowest BCUT2D eigenvalue weighted by Gasteiger charge is -2.54. The van der Waals surface area contributed by atoms with Crippen molar-refractivity contribution >= 4 is 5.97 Å². The second-order valence-corrected chi connectivity index (χ2v) is 6.78. The standard InChI is InChI=1S/C17H22O3/c1-13(18)19-17-9-5-4-8-16(17)11-10-15(20-16)7-3-2-6-14(15)12-17/h10-12H,2-9H2,1H3/t15-,16+,17-/m0/s1. The van der Waals surface area contributed by atoms with Gasteiger partial charge >= 0.3 is 5.97 Å². The van der Waals surface area contributed by atoms with Crippen LogP contribution in [0.15, 0.2) is 23.8 Å². The van der Waals surface area contributed by atoms with E-state index in [2.05, 4.69) is 18.2 Å². The van der Waals surface area contributed by atoms with E-state index < -0.39 is 11.2 Å². The molecular formula is C17H22O3. The number of rotatable bonds is 1. The molecule has 20 heavy (non-hydrogen) atoms. The summed E-state index contributed by atoms with van der Waals surface area (Å²) < 4.78 is 12.5. The van der Waals surface area contributed by atoms with E-state index in [1.165, 1.54) is 25.3 Å². The van der Waals surface area contributed by atoms with Crippen LogP contribution in [0.25, 0.3) is 0 Å². The van der Waals surface area contributed by atoms with Gasteiger partial charge in [-0.1, -0.05) is 0 Å². The Bertz CT molecular complexity index is 520. The van der Waals surface area contributed by atoms with Crippen LogP contribution in [0.4, 0.5) is 0 Å². The van der Waals surface area contributed by atoms with Gasteiger partial charge in [0.1, 0.15) is 11.2 Å². The summed E-state index contributed by atoms with van der Waals surface area (Å²) in [6.45, 7) is 1.51. The molecule has 2 aliphatic carbocycles. The highest BCUT2D eigenvalue weighted by atomic mass is 16.6. The summed E-state index contributed by atoms with van der Waals surface area (Å²) in [4.78, 5) is 11.7. The van der Waals surface area contributed by atoms with E-state index in [0.717, 1.165) is 38.5 Å². The number of ether oxygens (including phenoxy) is 2. The van der Waals surface area contributed by atoms with Crippen molar-refractivity contribution < 1.29 is 14.3 Å². The van der Waals surface area contributed by atoms with Gasteiger partial charge in [-0.2, -0.15) is 0 Å². The zero-order valence-corrected chi connectivity index (χ0v) is 12.1. The van der Waals surface area contributed by atoms with Gasteiger partial charge in [-0.3, -0.25) is 4.79 Å². The van der Waals surface area contributed by atoms with Crippen molar-refractivity contribution in [3.05, 3.63) is 23.8 Å². The van der Waals surface area contributed by atoms with Crippen molar-refractivity contribution in [1.82, 2.24) is 0 Å². The minimum Gasteiger partial charge on any atom is -0.452 e. The summed E-state index contributed by atoms with van der Waals surface area (Å²) in [6, 6.07) is 0. The second kappa shape index (κ2) is 3.97. The Morgan fingerprint density at radius 2 is 1.95 bits per heavy atom. The van der Waals surface area contributed by atoms with Crippen molar-refractivity contribution in [2.75, 3.05) is 0 Å². The van der Waals surface area contributed by atoms with Crippen molar-refractivity contribution in [1.29, 1.82) is 0 Å². The maximum absolute atomic E-state index is 11.7. The highest BCUT2D eigenvalue weighted by molar-refractivity contribution is 5.68. The maximum Gasteiger partial charge on any atom is 0.303 e. The fourth-order valence-electron chi connectivity index (χ4n) is 4.70. The molecule has 4 rings (SSSR count). The molecule has 2 aliphatic heterocycles. The van der Waals surface area contributed by atoms with E-state index in [1.807, 2.05) is 0 Å². The lowest BCUT2D eigenvalue weighted by atomic mass is 9.68. The van der Waals surface area contributed by atoms with Crippen molar-refractivity contribution in [3.8, 4) is 0 Å². The van der Waals surface area contributed by atoms with E-state index >= 15 is 0 Å². The van der Waals surface area contributed by atoms with Crippen LogP contribution in [0, 0.1) is 0 Å². The van der Waals surface area contributed by atoms with Gasteiger partial charge in [-0.15, -0.1) is 0 Å². The van der Waals surface area contributed by atoms with Crippen molar-refractivity contribution in [2.24, 2.45) is 0 Å². The third kappa shape index (κ3) is 1.47. The number of carbonyl (C=O) groups is 1. The molecule has 3 nitrogen and oxygen atoms in total. The van der Waals surface area contributed by atoms with E-state index in [-0.39, 0.29) is 11.6 Å². The van der Waals surface area contributed by atoms with Gasteiger partial charge < -0.3 is 9.47 Å². The molecule has 0 N–H and O–H groups in total. The van der Waals surface area contributed by atoms with E-state index in [9.17, 15) is 4.79 Å². The zero-order valence-electron chi connectivity index (χ0n) is 12.1. The van der Waals surface area contributed by atoms with Crippen LogP contribution < -0.4 is 0 Å². The minimum absolute atomic E-state index is 0.181. The zero-order chi connectivity index (χ0) is 13.8. The van der Waals surface area contributed by atoms with Crippen LogP contribution in [0.5, 0.6) is 0 Å². The first kappa shape index (κ1) is 12.6.